The number of halogens is 4. The SMILES string of the molecule is CCC(N)c1cc(O)cc(C(F)(F)F)c1.Cl. The molecule has 0 heterocycles. The van der Waals surface area contributed by atoms with Crippen LogP contribution in [0, 0.1) is 0 Å². The van der Waals surface area contributed by atoms with E-state index in [1.165, 1.54) is 6.07 Å². The van der Waals surface area contributed by atoms with E-state index in [1.807, 2.05) is 0 Å². The van der Waals surface area contributed by atoms with Gasteiger partial charge in [0.1, 0.15) is 5.75 Å². The fourth-order valence-electron chi connectivity index (χ4n) is 1.25. The van der Waals surface area contributed by atoms with Crippen molar-refractivity contribution in [2.24, 2.45) is 5.73 Å². The zero-order chi connectivity index (χ0) is 11.6. The lowest BCUT2D eigenvalue weighted by Crippen LogP contribution is -2.11. The van der Waals surface area contributed by atoms with E-state index >= 15 is 0 Å². The molecule has 0 bridgehead atoms. The molecule has 0 saturated carbocycles. The van der Waals surface area contributed by atoms with E-state index in [0.717, 1.165) is 6.07 Å². The number of rotatable bonds is 2. The molecular weight excluding hydrogens is 243 g/mol. The van der Waals surface area contributed by atoms with E-state index in [4.69, 9.17) is 10.8 Å². The fourth-order valence-corrected chi connectivity index (χ4v) is 1.25. The van der Waals surface area contributed by atoms with Gasteiger partial charge in [0.05, 0.1) is 5.56 Å². The number of benzene rings is 1. The van der Waals surface area contributed by atoms with Crippen molar-refractivity contribution in [3.63, 3.8) is 0 Å². The molecule has 0 aliphatic carbocycles. The van der Waals surface area contributed by atoms with Gasteiger partial charge < -0.3 is 10.8 Å². The number of hydrogen-bond acceptors (Lipinski definition) is 2. The van der Waals surface area contributed by atoms with Crippen LogP contribution in [-0.2, 0) is 6.18 Å². The first-order valence-corrected chi connectivity index (χ1v) is 4.51. The van der Waals surface area contributed by atoms with E-state index in [9.17, 15) is 13.2 Å². The first kappa shape index (κ1) is 15.1. The quantitative estimate of drug-likeness (QED) is 0.852. The van der Waals surface area contributed by atoms with Crippen LogP contribution in [0.15, 0.2) is 18.2 Å². The summed E-state index contributed by atoms with van der Waals surface area (Å²) < 4.78 is 37.1. The Kier molecular flexibility index (Phi) is 5.09. The third kappa shape index (κ3) is 3.57. The number of phenolic OH excluding ortho intramolecular Hbond substituents is 1. The fraction of sp³-hybridized carbons (Fsp3) is 0.400. The minimum atomic E-state index is -4.46. The molecule has 1 atom stereocenters. The highest BCUT2D eigenvalue weighted by molar-refractivity contribution is 5.85. The summed E-state index contributed by atoms with van der Waals surface area (Å²) in [5.41, 5.74) is 5.02. The van der Waals surface area contributed by atoms with Crippen molar-refractivity contribution in [2.75, 3.05) is 0 Å². The lowest BCUT2D eigenvalue weighted by Gasteiger charge is -2.13. The summed E-state index contributed by atoms with van der Waals surface area (Å²) in [6.45, 7) is 1.77. The van der Waals surface area contributed by atoms with Crippen molar-refractivity contribution >= 4 is 12.4 Å². The number of alkyl halides is 3. The molecule has 16 heavy (non-hydrogen) atoms. The lowest BCUT2D eigenvalue weighted by molar-refractivity contribution is -0.137. The molecule has 1 aromatic carbocycles. The standard InChI is InChI=1S/C10H12F3NO.ClH/c1-2-9(14)6-3-7(10(11,12)13)5-8(15)4-6;/h3-5,9,15H,2,14H2,1H3;1H. The molecule has 0 aliphatic heterocycles. The van der Waals surface area contributed by atoms with Crippen LogP contribution in [-0.4, -0.2) is 5.11 Å². The van der Waals surface area contributed by atoms with Crippen LogP contribution >= 0.6 is 12.4 Å². The van der Waals surface area contributed by atoms with Crippen LogP contribution in [0.25, 0.3) is 0 Å². The average Bonchev–Trinajstić information content (AvgIpc) is 2.14. The summed E-state index contributed by atoms with van der Waals surface area (Å²) >= 11 is 0. The molecule has 1 aromatic rings. The summed E-state index contributed by atoms with van der Waals surface area (Å²) in [4.78, 5) is 0. The highest BCUT2D eigenvalue weighted by Gasteiger charge is 2.31. The highest BCUT2D eigenvalue weighted by atomic mass is 35.5. The maximum absolute atomic E-state index is 12.4. The Balaban J connectivity index is 0.00000225. The van der Waals surface area contributed by atoms with Gasteiger partial charge in [0, 0.05) is 6.04 Å². The largest absolute Gasteiger partial charge is 0.508 e. The summed E-state index contributed by atoms with van der Waals surface area (Å²) in [5, 5.41) is 9.15. The van der Waals surface area contributed by atoms with Gasteiger partial charge in [-0.3, -0.25) is 0 Å². The van der Waals surface area contributed by atoms with Gasteiger partial charge in [-0.15, -0.1) is 12.4 Å². The smallest absolute Gasteiger partial charge is 0.416 e. The van der Waals surface area contributed by atoms with Crippen LogP contribution in [0.1, 0.15) is 30.5 Å². The van der Waals surface area contributed by atoms with E-state index in [0.29, 0.717) is 18.1 Å². The third-order valence-corrected chi connectivity index (χ3v) is 2.14. The number of phenols is 1. The first-order valence-electron chi connectivity index (χ1n) is 4.51. The van der Waals surface area contributed by atoms with Crippen molar-refractivity contribution in [3.8, 4) is 5.75 Å². The Labute approximate surface area is 97.7 Å². The third-order valence-electron chi connectivity index (χ3n) is 2.14. The molecule has 1 unspecified atom stereocenters. The van der Waals surface area contributed by atoms with Gasteiger partial charge in [0.25, 0.3) is 0 Å². The second kappa shape index (κ2) is 5.41. The van der Waals surface area contributed by atoms with Crippen LogP contribution in [0.2, 0.25) is 0 Å². The molecule has 0 spiro atoms. The van der Waals surface area contributed by atoms with Crippen molar-refractivity contribution in [1.29, 1.82) is 0 Å². The summed E-state index contributed by atoms with van der Waals surface area (Å²) in [5.74, 6) is -0.413. The topological polar surface area (TPSA) is 46.2 Å². The van der Waals surface area contributed by atoms with E-state index in [-0.39, 0.29) is 12.4 Å². The zero-order valence-electron chi connectivity index (χ0n) is 8.58. The Morgan fingerprint density at radius 2 is 1.88 bits per heavy atom. The molecule has 0 radical (unpaired) electrons. The van der Waals surface area contributed by atoms with Crippen LogP contribution in [0.5, 0.6) is 5.75 Å². The predicted molar refractivity (Wildman–Crippen MR) is 57.6 cm³/mol. The molecule has 6 heteroatoms. The Bertz CT molecular complexity index is 354. The lowest BCUT2D eigenvalue weighted by atomic mass is 10.0. The molecule has 92 valence electrons. The van der Waals surface area contributed by atoms with Crippen molar-refractivity contribution < 1.29 is 18.3 Å². The normalized spacial score (nSPS) is 13.1. The van der Waals surface area contributed by atoms with Gasteiger partial charge in [0.2, 0.25) is 0 Å². The van der Waals surface area contributed by atoms with Gasteiger partial charge in [-0.1, -0.05) is 6.92 Å². The van der Waals surface area contributed by atoms with E-state index < -0.39 is 23.5 Å². The minimum Gasteiger partial charge on any atom is -0.508 e. The van der Waals surface area contributed by atoms with Crippen molar-refractivity contribution in [1.82, 2.24) is 0 Å². The van der Waals surface area contributed by atoms with Gasteiger partial charge in [-0.05, 0) is 30.2 Å². The van der Waals surface area contributed by atoms with Crippen LogP contribution in [0.3, 0.4) is 0 Å². The zero-order valence-corrected chi connectivity index (χ0v) is 9.40. The molecule has 3 N–H and O–H groups in total. The van der Waals surface area contributed by atoms with Crippen LogP contribution < -0.4 is 5.73 Å². The molecule has 0 saturated heterocycles. The maximum atomic E-state index is 12.4. The van der Waals surface area contributed by atoms with Crippen molar-refractivity contribution in [2.45, 2.75) is 25.6 Å². The van der Waals surface area contributed by atoms with Gasteiger partial charge in [0.15, 0.2) is 0 Å². The van der Waals surface area contributed by atoms with Crippen molar-refractivity contribution in [3.05, 3.63) is 29.3 Å². The summed E-state index contributed by atoms with van der Waals surface area (Å²) in [6.07, 6.45) is -3.94. The maximum Gasteiger partial charge on any atom is 0.416 e. The first-order chi connectivity index (χ1) is 6.84. The van der Waals surface area contributed by atoms with Gasteiger partial charge in [-0.25, -0.2) is 0 Å². The van der Waals surface area contributed by atoms with E-state index in [2.05, 4.69) is 0 Å². The molecule has 1 rings (SSSR count). The van der Waals surface area contributed by atoms with E-state index in [1.54, 1.807) is 6.92 Å². The monoisotopic (exact) mass is 255 g/mol. The Morgan fingerprint density at radius 3 is 2.31 bits per heavy atom. The molecular formula is C10H13ClF3NO. The minimum absolute atomic E-state index is 0. The molecule has 0 aliphatic rings. The number of nitrogens with two attached hydrogens (primary N) is 1. The summed E-state index contributed by atoms with van der Waals surface area (Å²) in [6, 6.07) is 2.42. The van der Waals surface area contributed by atoms with Gasteiger partial charge >= 0.3 is 6.18 Å². The molecule has 0 amide bonds. The molecule has 0 fully saturated rings. The molecule has 2 nitrogen and oxygen atoms in total. The Morgan fingerprint density at radius 1 is 1.31 bits per heavy atom. The number of hydrogen-bond donors (Lipinski definition) is 2. The van der Waals surface area contributed by atoms with Gasteiger partial charge in [-0.2, -0.15) is 13.2 Å². The molecule has 0 aromatic heterocycles. The highest BCUT2D eigenvalue weighted by Crippen LogP contribution is 2.33. The number of aromatic hydroxyl groups is 1. The predicted octanol–water partition coefficient (Wildman–Crippen LogP) is 3.24. The Hall–Kier alpha value is -0.940. The second-order valence-electron chi connectivity index (χ2n) is 3.33. The van der Waals surface area contributed by atoms with Crippen LogP contribution in [0.4, 0.5) is 13.2 Å². The summed E-state index contributed by atoms with van der Waals surface area (Å²) in [7, 11) is 0. The second-order valence-corrected chi connectivity index (χ2v) is 3.33. The average molecular weight is 256 g/mol.